The Kier molecular flexibility index (Phi) is 5.85. The lowest BCUT2D eigenvalue weighted by Gasteiger charge is -2.37. The Labute approximate surface area is 197 Å². The molecule has 8 nitrogen and oxygen atoms in total. The van der Waals surface area contributed by atoms with Gasteiger partial charge in [-0.3, -0.25) is 4.79 Å². The number of rotatable bonds is 4. The minimum Gasteiger partial charge on any atom is -0.493 e. The number of benzene rings is 2. The molecule has 1 aliphatic heterocycles. The summed E-state index contributed by atoms with van der Waals surface area (Å²) in [4.78, 5) is 25.9. The van der Waals surface area contributed by atoms with Gasteiger partial charge in [-0.25, -0.2) is 9.37 Å². The van der Waals surface area contributed by atoms with Crippen molar-refractivity contribution >= 4 is 28.6 Å². The van der Waals surface area contributed by atoms with E-state index in [0.717, 1.165) is 19.3 Å². The molecule has 1 unspecified atom stereocenters. The Morgan fingerprint density at radius 3 is 2.53 bits per heavy atom. The maximum atomic E-state index is 15.1. The zero-order valence-electron chi connectivity index (χ0n) is 19.4. The molecule has 0 bridgehead atoms. The molecule has 0 radical (unpaired) electrons. The van der Waals surface area contributed by atoms with Crippen LogP contribution in [0.5, 0.6) is 11.5 Å². The Morgan fingerprint density at radius 1 is 1.09 bits per heavy atom. The van der Waals surface area contributed by atoms with Crippen LogP contribution in [0.3, 0.4) is 0 Å². The van der Waals surface area contributed by atoms with Gasteiger partial charge in [0, 0.05) is 37.5 Å². The monoisotopic (exact) mass is 465 g/mol. The minimum atomic E-state index is -0.640. The summed E-state index contributed by atoms with van der Waals surface area (Å²) in [6, 6.07) is 9.94. The van der Waals surface area contributed by atoms with Crippen LogP contribution in [-0.2, 0) is 17.6 Å². The maximum Gasteiger partial charge on any atom is 0.228 e. The van der Waals surface area contributed by atoms with E-state index >= 15 is 4.39 Å². The van der Waals surface area contributed by atoms with Crippen molar-refractivity contribution in [3.8, 4) is 11.5 Å². The van der Waals surface area contributed by atoms with E-state index in [2.05, 4.69) is 28.2 Å². The van der Waals surface area contributed by atoms with Gasteiger partial charge in [-0.1, -0.05) is 24.3 Å². The first-order valence-electron chi connectivity index (χ1n) is 11.5. The van der Waals surface area contributed by atoms with Crippen LogP contribution in [-0.4, -0.2) is 61.2 Å². The third kappa shape index (κ3) is 3.85. The van der Waals surface area contributed by atoms with Crippen LogP contribution in [0.25, 0.3) is 10.9 Å². The third-order valence-corrected chi connectivity index (χ3v) is 6.86. The van der Waals surface area contributed by atoms with E-state index in [4.69, 9.17) is 15.2 Å². The van der Waals surface area contributed by atoms with Gasteiger partial charge in [0.2, 0.25) is 11.9 Å². The van der Waals surface area contributed by atoms with Crippen LogP contribution in [0, 0.1) is 11.7 Å². The van der Waals surface area contributed by atoms with Gasteiger partial charge >= 0.3 is 0 Å². The number of aromatic nitrogens is 2. The maximum absolute atomic E-state index is 15.1. The minimum absolute atomic E-state index is 0.0190. The smallest absolute Gasteiger partial charge is 0.228 e. The molecule has 0 saturated carbocycles. The summed E-state index contributed by atoms with van der Waals surface area (Å²) in [5.41, 5.74) is 8.87. The lowest BCUT2D eigenvalue weighted by atomic mass is 9.83. The number of hydrogen-bond donors (Lipinski definition) is 1. The summed E-state index contributed by atoms with van der Waals surface area (Å²) >= 11 is 0. The molecule has 2 aromatic carbocycles. The topological polar surface area (TPSA) is 93.8 Å². The molecule has 9 heteroatoms. The fraction of sp³-hybridized carbons (Fsp3) is 0.400. The van der Waals surface area contributed by atoms with Crippen molar-refractivity contribution in [2.45, 2.75) is 19.3 Å². The normalized spacial score (nSPS) is 18.0. The quantitative estimate of drug-likeness (QED) is 0.633. The number of ether oxygens (including phenoxy) is 2. The molecule has 3 aromatic rings. The molecule has 1 atom stereocenters. The van der Waals surface area contributed by atoms with E-state index < -0.39 is 5.82 Å². The molecule has 0 spiro atoms. The van der Waals surface area contributed by atoms with Gasteiger partial charge in [0.15, 0.2) is 17.3 Å². The zero-order chi connectivity index (χ0) is 23.8. The van der Waals surface area contributed by atoms with Crippen LogP contribution in [0.1, 0.15) is 17.5 Å². The van der Waals surface area contributed by atoms with E-state index in [-0.39, 0.29) is 34.7 Å². The fourth-order valence-electron chi connectivity index (χ4n) is 4.97. The second-order valence-electron chi connectivity index (χ2n) is 8.75. The Morgan fingerprint density at radius 2 is 1.82 bits per heavy atom. The standard InChI is InChI=1S/C25H28FN5O3/c1-33-19-14-18-21(20(26)22(19)34-2)28-25(29-23(18)27)31-11-9-30(10-12-31)24(32)17-8-7-15-5-3-4-6-16(15)13-17/h3-6,14,17H,7-13H2,1-2H3,(H2,27,28,29). The van der Waals surface area contributed by atoms with Crippen molar-refractivity contribution in [1.82, 2.24) is 14.9 Å². The van der Waals surface area contributed by atoms with Gasteiger partial charge in [0.1, 0.15) is 11.3 Å². The van der Waals surface area contributed by atoms with Crippen LogP contribution < -0.4 is 20.1 Å². The molecule has 1 aliphatic carbocycles. The summed E-state index contributed by atoms with van der Waals surface area (Å²) in [7, 11) is 2.81. The van der Waals surface area contributed by atoms with Crippen LogP contribution in [0.15, 0.2) is 30.3 Å². The van der Waals surface area contributed by atoms with Crippen LogP contribution in [0.4, 0.5) is 16.2 Å². The number of halogens is 1. The Balaban J connectivity index is 1.31. The lowest BCUT2D eigenvalue weighted by molar-refractivity contribution is -0.136. The highest BCUT2D eigenvalue weighted by molar-refractivity contribution is 5.92. The van der Waals surface area contributed by atoms with Gasteiger partial charge in [-0.2, -0.15) is 4.98 Å². The number of fused-ring (bicyclic) bond motifs is 2. The number of aryl methyl sites for hydroxylation is 1. The van der Waals surface area contributed by atoms with Gasteiger partial charge in [-0.15, -0.1) is 0 Å². The second-order valence-corrected chi connectivity index (χ2v) is 8.75. The first-order chi connectivity index (χ1) is 16.5. The number of carbonyl (C=O) groups is 1. The molecule has 2 N–H and O–H groups in total. The van der Waals surface area contributed by atoms with Crippen molar-refractivity contribution < 1.29 is 18.7 Å². The van der Waals surface area contributed by atoms with E-state index in [1.54, 1.807) is 6.07 Å². The first-order valence-corrected chi connectivity index (χ1v) is 11.5. The van der Waals surface area contributed by atoms with Crippen molar-refractivity contribution in [3.05, 3.63) is 47.3 Å². The summed E-state index contributed by atoms with van der Waals surface area (Å²) in [6.45, 7) is 2.23. The Hall–Kier alpha value is -3.62. The number of anilines is 2. The number of piperazine rings is 1. The summed E-state index contributed by atoms with van der Waals surface area (Å²) < 4.78 is 25.5. The molecule has 1 aromatic heterocycles. The van der Waals surface area contributed by atoms with Crippen LogP contribution >= 0.6 is 0 Å². The fourth-order valence-corrected chi connectivity index (χ4v) is 4.97. The van der Waals surface area contributed by atoms with Crippen molar-refractivity contribution in [3.63, 3.8) is 0 Å². The Bertz CT molecular complexity index is 1240. The molecular weight excluding hydrogens is 437 g/mol. The number of nitrogens with two attached hydrogens (primary N) is 1. The van der Waals surface area contributed by atoms with E-state index in [1.807, 2.05) is 15.9 Å². The first kappa shape index (κ1) is 22.2. The van der Waals surface area contributed by atoms with E-state index in [9.17, 15) is 4.79 Å². The molecule has 178 valence electrons. The molecule has 2 heterocycles. The largest absolute Gasteiger partial charge is 0.493 e. The number of methoxy groups -OCH3 is 2. The summed E-state index contributed by atoms with van der Waals surface area (Å²) in [5.74, 6) is 0.297. The van der Waals surface area contributed by atoms with Gasteiger partial charge in [0.05, 0.1) is 14.2 Å². The number of nitrogens with zero attached hydrogens (tertiary/aromatic N) is 4. The number of carbonyl (C=O) groups excluding carboxylic acids is 1. The molecular formula is C25H28FN5O3. The van der Waals surface area contributed by atoms with E-state index in [1.165, 1.54) is 25.3 Å². The number of nitrogen functional groups attached to an aromatic ring is 1. The van der Waals surface area contributed by atoms with Crippen molar-refractivity contribution in [2.75, 3.05) is 51.0 Å². The van der Waals surface area contributed by atoms with Crippen molar-refractivity contribution in [1.29, 1.82) is 0 Å². The predicted octanol–water partition coefficient (Wildman–Crippen LogP) is 2.82. The highest BCUT2D eigenvalue weighted by Crippen LogP contribution is 2.37. The van der Waals surface area contributed by atoms with Gasteiger partial charge < -0.3 is 25.0 Å². The molecule has 2 aliphatic rings. The molecule has 1 fully saturated rings. The van der Waals surface area contributed by atoms with Crippen molar-refractivity contribution in [2.24, 2.45) is 5.92 Å². The highest BCUT2D eigenvalue weighted by atomic mass is 19.1. The van der Waals surface area contributed by atoms with Gasteiger partial charge in [0.25, 0.3) is 0 Å². The molecule has 34 heavy (non-hydrogen) atoms. The highest BCUT2D eigenvalue weighted by Gasteiger charge is 2.31. The number of amides is 1. The summed E-state index contributed by atoms with van der Waals surface area (Å²) in [6.07, 6.45) is 2.62. The average Bonchev–Trinajstić information content (AvgIpc) is 2.88. The van der Waals surface area contributed by atoms with Crippen LogP contribution in [0.2, 0.25) is 0 Å². The third-order valence-electron chi connectivity index (χ3n) is 6.86. The summed E-state index contributed by atoms with van der Waals surface area (Å²) in [5, 5.41) is 0.366. The molecule has 1 saturated heterocycles. The molecule has 1 amide bonds. The SMILES string of the molecule is COc1cc2c(N)nc(N3CCN(C(=O)C4CCc5ccccc5C4)CC3)nc2c(F)c1OC. The van der Waals surface area contributed by atoms with Gasteiger partial charge in [-0.05, 0) is 36.5 Å². The second kappa shape index (κ2) is 8.96. The number of hydrogen-bond acceptors (Lipinski definition) is 7. The van der Waals surface area contributed by atoms with E-state index in [0.29, 0.717) is 37.5 Å². The average molecular weight is 466 g/mol. The lowest BCUT2D eigenvalue weighted by Crippen LogP contribution is -2.51. The predicted molar refractivity (Wildman–Crippen MR) is 128 cm³/mol. The molecule has 5 rings (SSSR count). The zero-order valence-corrected chi connectivity index (χ0v) is 19.4.